The van der Waals surface area contributed by atoms with E-state index >= 15 is 0 Å². The molecule has 0 saturated heterocycles. The smallest absolute Gasteiger partial charge is 0.252 e. The molecule has 1 heterocycles. The van der Waals surface area contributed by atoms with Crippen molar-refractivity contribution < 1.29 is 0 Å². The molecule has 5 heteroatoms. The molecule has 3 rings (SSSR count). The second-order valence-corrected chi connectivity index (χ2v) is 6.56. The van der Waals surface area contributed by atoms with Crippen molar-refractivity contribution in [1.82, 2.24) is 20.2 Å². The number of tetrazole rings is 1. The first kappa shape index (κ1) is 16.2. The molecule has 124 valence electrons. The van der Waals surface area contributed by atoms with E-state index in [4.69, 9.17) is 0 Å². The maximum absolute atomic E-state index is 4.20. The molecular weight excluding hydrogens is 298 g/mol. The molecule has 0 unspecified atom stereocenters. The van der Waals surface area contributed by atoms with Crippen molar-refractivity contribution in [2.24, 2.45) is 0 Å². The first-order valence-corrected chi connectivity index (χ1v) is 8.08. The highest BCUT2D eigenvalue weighted by Gasteiger charge is 2.15. The van der Waals surface area contributed by atoms with Gasteiger partial charge in [0.15, 0.2) is 0 Å². The van der Waals surface area contributed by atoms with E-state index in [9.17, 15) is 0 Å². The molecule has 2 aromatic carbocycles. The van der Waals surface area contributed by atoms with Crippen molar-refractivity contribution in [2.75, 3.05) is 5.32 Å². The van der Waals surface area contributed by atoms with E-state index in [1.165, 1.54) is 22.3 Å². The summed E-state index contributed by atoms with van der Waals surface area (Å²) in [5.41, 5.74) is 9.23. The third-order valence-corrected chi connectivity index (χ3v) is 4.23. The van der Waals surface area contributed by atoms with Gasteiger partial charge in [0.2, 0.25) is 0 Å². The molecule has 24 heavy (non-hydrogen) atoms. The molecule has 0 aliphatic rings. The Kier molecular flexibility index (Phi) is 4.09. The normalized spacial score (nSPS) is 10.9. The summed E-state index contributed by atoms with van der Waals surface area (Å²) in [6.07, 6.45) is 0. The molecule has 3 aromatic rings. The number of nitrogens with zero attached hydrogens (tertiary/aromatic N) is 4. The lowest BCUT2D eigenvalue weighted by Gasteiger charge is -2.15. The van der Waals surface area contributed by atoms with Crippen LogP contribution in [0, 0.1) is 41.5 Å². The van der Waals surface area contributed by atoms with Gasteiger partial charge in [0.25, 0.3) is 5.95 Å². The van der Waals surface area contributed by atoms with Crippen LogP contribution in [0.3, 0.4) is 0 Å². The van der Waals surface area contributed by atoms with Crippen molar-refractivity contribution in [3.05, 3.63) is 57.6 Å². The maximum Gasteiger partial charge on any atom is 0.252 e. The SMILES string of the molecule is Cc1cc(C)c(Nc2nnnn2-c2c(C)cc(C)cc2C)c(C)c1. The number of aryl methyl sites for hydroxylation is 6. The zero-order valence-corrected chi connectivity index (χ0v) is 15.1. The van der Waals surface area contributed by atoms with E-state index in [-0.39, 0.29) is 0 Å². The Morgan fingerprint density at radius 3 is 1.79 bits per heavy atom. The maximum atomic E-state index is 4.20. The van der Waals surface area contributed by atoms with Crippen molar-refractivity contribution >= 4 is 11.6 Å². The minimum Gasteiger partial charge on any atom is -0.322 e. The van der Waals surface area contributed by atoms with Crippen LogP contribution in [0.1, 0.15) is 33.4 Å². The highest BCUT2D eigenvalue weighted by atomic mass is 15.6. The predicted molar refractivity (Wildman–Crippen MR) is 97.3 cm³/mol. The van der Waals surface area contributed by atoms with Gasteiger partial charge in [-0.15, -0.1) is 0 Å². The fourth-order valence-corrected chi connectivity index (χ4v) is 3.41. The fourth-order valence-electron chi connectivity index (χ4n) is 3.41. The number of aromatic nitrogens is 4. The summed E-state index contributed by atoms with van der Waals surface area (Å²) >= 11 is 0. The van der Waals surface area contributed by atoms with Crippen LogP contribution in [0.4, 0.5) is 11.6 Å². The largest absolute Gasteiger partial charge is 0.322 e. The first-order valence-electron chi connectivity index (χ1n) is 8.08. The number of anilines is 2. The van der Waals surface area contributed by atoms with Gasteiger partial charge in [-0.25, -0.2) is 0 Å². The third kappa shape index (κ3) is 2.89. The topological polar surface area (TPSA) is 55.6 Å². The van der Waals surface area contributed by atoms with Gasteiger partial charge in [-0.2, -0.15) is 4.68 Å². The molecule has 0 bridgehead atoms. The fraction of sp³-hybridized carbons (Fsp3) is 0.316. The Morgan fingerprint density at radius 1 is 0.750 bits per heavy atom. The van der Waals surface area contributed by atoms with Gasteiger partial charge in [0.1, 0.15) is 0 Å². The van der Waals surface area contributed by atoms with Crippen LogP contribution in [0.15, 0.2) is 24.3 Å². The lowest BCUT2D eigenvalue weighted by molar-refractivity contribution is 0.783. The van der Waals surface area contributed by atoms with E-state index in [1.807, 2.05) is 0 Å². The molecule has 0 amide bonds. The second kappa shape index (κ2) is 6.07. The van der Waals surface area contributed by atoms with Crippen LogP contribution in [-0.4, -0.2) is 20.2 Å². The molecule has 0 aliphatic carbocycles. The van der Waals surface area contributed by atoms with Gasteiger partial charge in [-0.3, -0.25) is 0 Å². The molecule has 0 radical (unpaired) electrons. The van der Waals surface area contributed by atoms with E-state index in [1.54, 1.807) is 4.68 Å². The molecule has 0 atom stereocenters. The summed E-state index contributed by atoms with van der Waals surface area (Å²) in [6, 6.07) is 8.62. The van der Waals surface area contributed by atoms with Crippen molar-refractivity contribution in [1.29, 1.82) is 0 Å². The Balaban J connectivity index is 2.07. The van der Waals surface area contributed by atoms with Crippen molar-refractivity contribution in [3.63, 3.8) is 0 Å². The number of rotatable bonds is 3. The summed E-state index contributed by atoms with van der Waals surface area (Å²) in [6.45, 7) is 12.6. The molecule has 1 aromatic heterocycles. The molecule has 1 N–H and O–H groups in total. The van der Waals surface area contributed by atoms with Crippen LogP contribution in [0.5, 0.6) is 0 Å². The minimum absolute atomic E-state index is 0.625. The van der Waals surface area contributed by atoms with Crippen LogP contribution in [0.2, 0.25) is 0 Å². The zero-order chi connectivity index (χ0) is 17.4. The Morgan fingerprint density at radius 2 is 1.25 bits per heavy atom. The number of hydrogen-bond donors (Lipinski definition) is 1. The summed E-state index contributed by atoms with van der Waals surface area (Å²) < 4.78 is 1.78. The van der Waals surface area contributed by atoms with Gasteiger partial charge in [-0.1, -0.05) is 40.5 Å². The molecule has 0 saturated carbocycles. The van der Waals surface area contributed by atoms with Gasteiger partial charge < -0.3 is 5.32 Å². The quantitative estimate of drug-likeness (QED) is 0.783. The van der Waals surface area contributed by atoms with Crippen LogP contribution in [-0.2, 0) is 0 Å². The van der Waals surface area contributed by atoms with Gasteiger partial charge in [-0.05, 0) is 74.2 Å². The summed E-state index contributed by atoms with van der Waals surface area (Å²) in [5, 5.41) is 15.7. The summed E-state index contributed by atoms with van der Waals surface area (Å²) in [4.78, 5) is 0. The summed E-state index contributed by atoms with van der Waals surface area (Å²) in [5.74, 6) is 0.625. The highest BCUT2D eigenvalue weighted by Crippen LogP contribution is 2.27. The highest BCUT2D eigenvalue weighted by molar-refractivity contribution is 5.65. The van der Waals surface area contributed by atoms with Crippen LogP contribution in [0.25, 0.3) is 5.69 Å². The van der Waals surface area contributed by atoms with E-state index in [0.717, 1.165) is 22.5 Å². The van der Waals surface area contributed by atoms with Gasteiger partial charge in [0.05, 0.1) is 5.69 Å². The Hall–Kier alpha value is -2.69. The first-order chi connectivity index (χ1) is 11.4. The Bertz CT molecular complexity index is 862. The van der Waals surface area contributed by atoms with Gasteiger partial charge in [0, 0.05) is 5.69 Å². The lowest BCUT2D eigenvalue weighted by Crippen LogP contribution is -2.08. The van der Waals surface area contributed by atoms with Crippen molar-refractivity contribution in [2.45, 2.75) is 41.5 Å². The Labute approximate surface area is 142 Å². The number of benzene rings is 2. The monoisotopic (exact) mass is 321 g/mol. The molecule has 0 fully saturated rings. The van der Waals surface area contributed by atoms with E-state index < -0.39 is 0 Å². The van der Waals surface area contributed by atoms with E-state index in [2.05, 4.69) is 86.7 Å². The number of nitrogens with one attached hydrogen (secondary N) is 1. The predicted octanol–water partition coefficient (Wildman–Crippen LogP) is 4.26. The van der Waals surface area contributed by atoms with Gasteiger partial charge >= 0.3 is 0 Å². The molecule has 5 nitrogen and oxygen atoms in total. The van der Waals surface area contributed by atoms with E-state index in [0.29, 0.717) is 5.95 Å². The molecule has 0 aliphatic heterocycles. The van der Waals surface area contributed by atoms with Crippen LogP contribution < -0.4 is 5.32 Å². The lowest BCUT2D eigenvalue weighted by atomic mass is 10.0. The van der Waals surface area contributed by atoms with Crippen molar-refractivity contribution in [3.8, 4) is 5.69 Å². The van der Waals surface area contributed by atoms with Crippen LogP contribution >= 0.6 is 0 Å². The number of hydrogen-bond acceptors (Lipinski definition) is 4. The molecule has 0 spiro atoms. The second-order valence-electron chi connectivity index (χ2n) is 6.56. The average molecular weight is 321 g/mol. The minimum atomic E-state index is 0.625. The third-order valence-electron chi connectivity index (χ3n) is 4.23. The molecular formula is C19H23N5. The average Bonchev–Trinajstić information content (AvgIpc) is 2.89. The standard InChI is InChI=1S/C19H23N5/c1-11-7-13(3)17(14(4)8-11)20-19-21-22-23-24(19)18-15(5)9-12(2)10-16(18)6/h7-10H,1-6H3,(H,20,21,23). The summed E-state index contributed by atoms with van der Waals surface area (Å²) in [7, 11) is 0. The zero-order valence-electron chi connectivity index (χ0n) is 15.1.